The maximum absolute atomic E-state index is 4.42. The second-order valence-corrected chi connectivity index (χ2v) is 4.99. The van der Waals surface area contributed by atoms with Crippen molar-refractivity contribution in [2.24, 2.45) is 11.3 Å². The second kappa shape index (κ2) is 3.87. The van der Waals surface area contributed by atoms with Crippen molar-refractivity contribution < 1.29 is 0 Å². The van der Waals surface area contributed by atoms with Crippen LogP contribution in [-0.4, -0.2) is 5.75 Å². The minimum atomic E-state index is 0.415. The highest BCUT2D eigenvalue weighted by Crippen LogP contribution is 2.38. The Morgan fingerprint density at radius 3 is 2.75 bits per heavy atom. The number of thiol groups is 1. The van der Waals surface area contributed by atoms with E-state index >= 15 is 0 Å². The van der Waals surface area contributed by atoms with Crippen LogP contribution in [0.4, 0.5) is 0 Å². The van der Waals surface area contributed by atoms with Crippen molar-refractivity contribution in [3.63, 3.8) is 0 Å². The molecule has 0 spiro atoms. The van der Waals surface area contributed by atoms with E-state index in [9.17, 15) is 0 Å². The van der Waals surface area contributed by atoms with Gasteiger partial charge in [0.05, 0.1) is 0 Å². The fraction of sp³-hybridized carbons (Fsp3) is 0.818. The van der Waals surface area contributed by atoms with Gasteiger partial charge in [0.1, 0.15) is 0 Å². The molecule has 0 aliphatic heterocycles. The molecule has 0 nitrogen and oxygen atoms in total. The number of hydrogen-bond acceptors (Lipinski definition) is 1. The summed E-state index contributed by atoms with van der Waals surface area (Å²) in [6.07, 6.45) is 6.29. The Balaban J connectivity index is 2.60. The lowest BCUT2D eigenvalue weighted by Crippen LogP contribution is -2.27. The van der Waals surface area contributed by atoms with Gasteiger partial charge in [-0.05, 0) is 43.3 Å². The average molecular weight is 184 g/mol. The lowest BCUT2D eigenvalue weighted by Gasteiger charge is -2.35. The van der Waals surface area contributed by atoms with Crippen LogP contribution in [0.25, 0.3) is 0 Å². The summed E-state index contributed by atoms with van der Waals surface area (Å²) in [6.45, 7) is 6.92. The monoisotopic (exact) mass is 184 g/mol. The van der Waals surface area contributed by atoms with Crippen molar-refractivity contribution in [2.45, 2.75) is 40.0 Å². The van der Waals surface area contributed by atoms with E-state index in [0.717, 1.165) is 11.7 Å². The summed E-state index contributed by atoms with van der Waals surface area (Å²) in [5, 5.41) is 0. The minimum Gasteiger partial charge on any atom is -0.179 e. The fourth-order valence-electron chi connectivity index (χ4n) is 1.90. The molecular weight excluding hydrogens is 164 g/mol. The van der Waals surface area contributed by atoms with Gasteiger partial charge < -0.3 is 0 Å². The van der Waals surface area contributed by atoms with Crippen LogP contribution >= 0.6 is 12.6 Å². The highest BCUT2D eigenvalue weighted by atomic mass is 32.1. The van der Waals surface area contributed by atoms with Crippen LogP contribution in [0.3, 0.4) is 0 Å². The quantitative estimate of drug-likeness (QED) is 0.491. The Morgan fingerprint density at radius 1 is 1.58 bits per heavy atom. The molecule has 1 heteroatoms. The van der Waals surface area contributed by atoms with Gasteiger partial charge in [-0.25, -0.2) is 0 Å². The molecule has 0 saturated heterocycles. The third kappa shape index (κ3) is 2.29. The van der Waals surface area contributed by atoms with E-state index in [2.05, 4.69) is 39.5 Å². The topological polar surface area (TPSA) is 0 Å². The molecule has 0 heterocycles. The molecule has 0 bridgehead atoms. The first-order valence-electron chi connectivity index (χ1n) is 4.83. The zero-order valence-electron chi connectivity index (χ0n) is 8.43. The maximum atomic E-state index is 4.42. The summed E-state index contributed by atoms with van der Waals surface area (Å²) < 4.78 is 0. The molecule has 0 aromatic rings. The first kappa shape index (κ1) is 10.2. The summed E-state index contributed by atoms with van der Waals surface area (Å²) in [6, 6.07) is 0. The summed E-state index contributed by atoms with van der Waals surface area (Å²) in [4.78, 5) is 0. The normalized spacial score (nSPS) is 25.3. The molecule has 1 unspecified atom stereocenters. The molecule has 12 heavy (non-hydrogen) atoms. The van der Waals surface area contributed by atoms with Crippen molar-refractivity contribution in [3.05, 3.63) is 11.6 Å². The molecule has 0 fully saturated rings. The van der Waals surface area contributed by atoms with E-state index in [-0.39, 0.29) is 0 Å². The highest BCUT2D eigenvalue weighted by Gasteiger charge is 2.28. The van der Waals surface area contributed by atoms with Crippen LogP contribution in [0, 0.1) is 11.3 Å². The standard InChI is InChI=1S/C11H20S/c1-9-5-4-6-10(7-9)11(2,3)8-12/h5,10,12H,4,6-8H2,1-3H3. The predicted octanol–water partition coefficient (Wildman–Crippen LogP) is 3.69. The number of allylic oxidation sites excluding steroid dienone is 2. The van der Waals surface area contributed by atoms with Gasteiger partial charge in [-0.3, -0.25) is 0 Å². The van der Waals surface area contributed by atoms with Crippen molar-refractivity contribution in [1.82, 2.24) is 0 Å². The molecule has 1 rings (SSSR count). The van der Waals surface area contributed by atoms with E-state index in [1.807, 2.05) is 0 Å². The summed E-state index contributed by atoms with van der Waals surface area (Å²) in [5.41, 5.74) is 1.99. The molecule has 0 amide bonds. The number of rotatable bonds is 2. The van der Waals surface area contributed by atoms with Crippen LogP contribution in [-0.2, 0) is 0 Å². The van der Waals surface area contributed by atoms with Gasteiger partial charge >= 0.3 is 0 Å². The molecule has 0 saturated carbocycles. The molecule has 1 atom stereocenters. The maximum Gasteiger partial charge on any atom is -0.00437 e. The van der Waals surface area contributed by atoms with Gasteiger partial charge in [0.25, 0.3) is 0 Å². The fourth-order valence-corrected chi connectivity index (χ4v) is 2.16. The molecule has 70 valence electrons. The first-order chi connectivity index (χ1) is 5.56. The van der Waals surface area contributed by atoms with Crippen molar-refractivity contribution in [3.8, 4) is 0 Å². The van der Waals surface area contributed by atoms with Crippen LogP contribution in [0.1, 0.15) is 40.0 Å². The van der Waals surface area contributed by atoms with Gasteiger partial charge in [-0.15, -0.1) is 0 Å². The Hall–Kier alpha value is 0.0900. The Morgan fingerprint density at radius 2 is 2.25 bits per heavy atom. The molecule has 0 aromatic heterocycles. The summed E-state index contributed by atoms with van der Waals surface area (Å²) in [5.74, 6) is 1.85. The Kier molecular flexibility index (Phi) is 3.28. The van der Waals surface area contributed by atoms with Crippen LogP contribution in [0.15, 0.2) is 11.6 Å². The minimum absolute atomic E-state index is 0.415. The molecule has 1 aliphatic carbocycles. The third-order valence-electron chi connectivity index (χ3n) is 3.09. The van der Waals surface area contributed by atoms with Gasteiger partial charge in [0, 0.05) is 0 Å². The van der Waals surface area contributed by atoms with Gasteiger partial charge in [0.15, 0.2) is 0 Å². The second-order valence-electron chi connectivity index (χ2n) is 4.68. The van der Waals surface area contributed by atoms with Gasteiger partial charge in [-0.1, -0.05) is 25.5 Å². The van der Waals surface area contributed by atoms with Crippen molar-refractivity contribution in [2.75, 3.05) is 5.75 Å². The molecule has 0 N–H and O–H groups in total. The predicted molar refractivity (Wildman–Crippen MR) is 58.7 cm³/mol. The van der Waals surface area contributed by atoms with Crippen molar-refractivity contribution in [1.29, 1.82) is 0 Å². The van der Waals surface area contributed by atoms with Crippen LogP contribution in [0.5, 0.6) is 0 Å². The third-order valence-corrected chi connectivity index (χ3v) is 3.90. The highest BCUT2D eigenvalue weighted by molar-refractivity contribution is 7.80. The smallest absolute Gasteiger partial charge is 0.00437 e. The zero-order valence-corrected chi connectivity index (χ0v) is 9.32. The lowest BCUT2D eigenvalue weighted by atomic mass is 9.72. The SMILES string of the molecule is CC1=CCCC(C(C)(C)CS)C1. The number of hydrogen-bond donors (Lipinski definition) is 1. The zero-order chi connectivity index (χ0) is 9.19. The van der Waals surface area contributed by atoms with E-state index in [4.69, 9.17) is 0 Å². The van der Waals surface area contributed by atoms with E-state index in [1.54, 1.807) is 5.57 Å². The Labute approximate surface area is 81.8 Å². The largest absolute Gasteiger partial charge is 0.179 e. The molecule has 0 radical (unpaired) electrons. The van der Waals surface area contributed by atoms with Gasteiger partial charge in [-0.2, -0.15) is 12.6 Å². The van der Waals surface area contributed by atoms with E-state index in [0.29, 0.717) is 5.41 Å². The molecular formula is C11H20S. The van der Waals surface area contributed by atoms with Crippen LogP contribution in [0.2, 0.25) is 0 Å². The lowest BCUT2D eigenvalue weighted by molar-refractivity contribution is 0.225. The molecule has 1 aliphatic rings. The van der Waals surface area contributed by atoms with Crippen LogP contribution < -0.4 is 0 Å². The first-order valence-corrected chi connectivity index (χ1v) is 5.46. The summed E-state index contributed by atoms with van der Waals surface area (Å²) >= 11 is 4.42. The van der Waals surface area contributed by atoms with Crippen molar-refractivity contribution >= 4 is 12.6 Å². The Bertz CT molecular complexity index is 179. The van der Waals surface area contributed by atoms with E-state index in [1.165, 1.54) is 19.3 Å². The summed E-state index contributed by atoms with van der Waals surface area (Å²) in [7, 11) is 0. The van der Waals surface area contributed by atoms with E-state index < -0.39 is 0 Å². The average Bonchev–Trinajstić information content (AvgIpc) is 2.05. The van der Waals surface area contributed by atoms with Gasteiger partial charge in [0.2, 0.25) is 0 Å². The molecule has 0 aromatic carbocycles.